The van der Waals surface area contributed by atoms with Crippen LogP contribution in [0.15, 0.2) is 121 Å². The van der Waals surface area contributed by atoms with Gasteiger partial charge < -0.3 is 52.5 Å². The molecule has 3 aliphatic heterocycles. The van der Waals surface area contributed by atoms with Gasteiger partial charge in [-0.3, -0.25) is 0 Å². The van der Waals surface area contributed by atoms with Crippen LogP contribution in [0, 0.1) is 0 Å². The fourth-order valence-electron chi connectivity index (χ4n) is 7.25. The summed E-state index contributed by atoms with van der Waals surface area (Å²) >= 11 is 0. The molecule has 3 saturated heterocycles. The molecule has 3 fully saturated rings. The van der Waals surface area contributed by atoms with Crippen LogP contribution in [0.1, 0.15) is 36.1 Å². The van der Waals surface area contributed by atoms with Crippen molar-refractivity contribution in [1.29, 1.82) is 0 Å². The third-order valence-corrected chi connectivity index (χ3v) is 9.95. The van der Waals surface area contributed by atoms with E-state index < -0.39 is 67.2 Å². The van der Waals surface area contributed by atoms with Crippen molar-refractivity contribution in [2.45, 2.75) is 107 Å². The Bertz CT molecular complexity index is 1700. The van der Waals surface area contributed by atoms with E-state index in [-0.39, 0.29) is 19.8 Å². The topological polar surface area (TPSA) is 113 Å². The number of hydrogen-bond donors (Lipinski definition) is 1. The predicted octanol–water partition coefficient (Wildman–Crippen LogP) is 5.95. The molecule has 0 amide bonds. The van der Waals surface area contributed by atoms with Crippen LogP contribution in [0.25, 0.3) is 0 Å². The zero-order valence-corrected chi connectivity index (χ0v) is 31.6. The molecule has 7 rings (SSSR count). The summed E-state index contributed by atoms with van der Waals surface area (Å²) in [5.41, 5.74) is 4.02. The average Bonchev–Trinajstić information content (AvgIpc) is 3.56. The molecule has 0 spiro atoms. The molecule has 3 aliphatic rings. The van der Waals surface area contributed by atoms with Crippen LogP contribution < -0.4 is 0 Å². The van der Waals surface area contributed by atoms with Gasteiger partial charge in [-0.15, -0.1) is 0 Å². The molecule has 1 unspecified atom stereocenters. The maximum absolute atomic E-state index is 11.0. The molecule has 0 aromatic heterocycles. The summed E-state index contributed by atoms with van der Waals surface area (Å²) in [6.45, 7) is 5.09. The SMILES string of the molecule is CO[C@@H]1O[C@H](COC2O[C@H](COCc3ccccc3)[C@H](OCc3ccccc3)[C@H](OCc3ccccc3)[C@H]2OCc2ccccc2)[C@@H]2OC(C)(C)O[C@@H]2[C@H]1O. The van der Waals surface area contributed by atoms with Crippen molar-refractivity contribution in [3.05, 3.63) is 144 Å². The number of fused-ring (bicyclic) bond motifs is 1. The Morgan fingerprint density at radius 3 is 1.49 bits per heavy atom. The van der Waals surface area contributed by atoms with Gasteiger partial charge in [-0.2, -0.15) is 0 Å². The van der Waals surface area contributed by atoms with Crippen molar-refractivity contribution in [3.63, 3.8) is 0 Å². The molecule has 4 aromatic carbocycles. The lowest BCUT2D eigenvalue weighted by Crippen LogP contribution is -2.63. The number of ether oxygens (including phenoxy) is 10. The fourth-order valence-corrected chi connectivity index (χ4v) is 7.25. The second kappa shape index (κ2) is 19.1. The van der Waals surface area contributed by atoms with Crippen LogP contribution >= 0.6 is 0 Å². The summed E-state index contributed by atoms with van der Waals surface area (Å²) in [4.78, 5) is 0. The molecular formula is C44H52O11. The number of benzene rings is 4. The van der Waals surface area contributed by atoms with Gasteiger partial charge >= 0.3 is 0 Å². The summed E-state index contributed by atoms with van der Waals surface area (Å²) in [6.07, 6.45) is -7.56. The molecule has 0 aliphatic carbocycles. The molecule has 0 saturated carbocycles. The van der Waals surface area contributed by atoms with E-state index in [0.717, 1.165) is 22.3 Å². The first-order valence-electron chi connectivity index (χ1n) is 18.9. The van der Waals surface area contributed by atoms with Crippen LogP contribution in [0.2, 0.25) is 0 Å². The van der Waals surface area contributed by atoms with E-state index in [1.54, 1.807) is 13.8 Å². The van der Waals surface area contributed by atoms with E-state index in [1.807, 2.05) is 121 Å². The minimum atomic E-state index is -1.05. The lowest BCUT2D eigenvalue weighted by Gasteiger charge is -2.46. The van der Waals surface area contributed by atoms with Gasteiger partial charge in [0.2, 0.25) is 0 Å². The minimum absolute atomic E-state index is 0.0155. The molecule has 294 valence electrons. The third-order valence-electron chi connectivity index (χ3n) is 9.95. The van der Waals surface area contributed by atoms with E-state index in [4.69, 9.17) is 47.4 Å². The molecule has 10 atom stereocenters. The van der Waals surface area contributed by atoms with Crippen LogP contribution in [-0.2, 0) is 73.8 Å². The third kappa shape index (κ3) is 10.4. The second-order valence-electron chi connectivity index (χ2n) is 14.5. The molecule has 1 N–H and O–H groups in total. The lowest BCUT2D eigenvalue weighted by molar-refractivity contribution is -0.340. The Morgan fingerprint density at radius 1 is 0.509 bits per heavy atom. The molecule has 0 bridgehead atoms. The monoisotopic (exact) mass is 756 g/mol. The smallest absolute Gasteiger partial charge is 0.187 e. The quantitative estimate of drug-likeness (QED) is 0.138. The Morgan fingerprint density at radius 2 is 0.964 bits per heavy atom. The normalized spacial score (nSPS) is 30.2. The molecule has 0 radical (unpaired) electrons. The van der Waals surface area contributed by atoms with Gasteiger partial charge in [0.25, 0.3) is 0 Å². The largest absolute Gasteiger partial charge is 0.385 e. The first-order chi connectivity index (χ1) is 26.9. The molecular weight excluding hydrogens is 704 g/mol. The number of methoxy groups -OCH3 is 1. The Kier molecular flexibility index (Phi) is 13.7. The number of aliphatic hydroxyl groups is 1. The highest BCUT2D eigenvalue weighted by Gasteiger charge is 2.56. The van der Waals surface area contributed by atoms with Gasteiger partial charge in [-0.25, -0.2) is 0 Å². The highest BCUT2D eigenvalue weighted by molar-refractivity contribution is 5.16. The molecule has 11 nitrogen and oxygen atoms in total. The number of hydrogen-bond acceptors (Lipinski definition) is 11. The van der Waals surface area contributed by atoms with Crippen LogP contribution in [0.3, 0.4) is 0 Å². The van der Waals surface area contributed by atoms with E-state index in [0.29, 0.717) is 19.8 Å². The summed E-state index contributed by atoms with van der Waals surface area (Å²) in [5.74, 6) is -0.940. The van der Waals surface area contributed by atoms with Crippen LogP contribution in [0.4, 0.5) is 0 Å². The van der Waals surface area contributed by atoms with E-state index in [1.165, 1.54) is 7.11 Å². The van der Waals surface area contributed by atoms with E-state index in [2.05, 4.69) is 0 Å². The fraction of sp³-hybridized carbons (Fsp3) is 0.455. The number of aliphatic hydroxyl groups excluding tert-OH is 1. The highest BCUT2D eigenvalue weighted by Crippen LogP contribution is 2.39. The maximum atomic E-state index is 11.0. The second-order valence-corrected chi connectivity index (χ2v) is 14.5. The van der Waals surface area contributed by atoms with Gasteiger partial charge in [0.05, 0.1) is 39.6 Å². The number of rotatable bonds is 17. The molecule has 3 heterocycles. The standard InChI is InChI=1S/C44H52O11/c1-44(2)54-38-35(52-42(46-3)36(45)39(38)55-44)29-51-43-41(50-27-33-22-14-7-15-23-33)40(49-26-32-20-12-6-13-21-32)37(48-25-31-18-10-5-11-19-31)34(53-43)28-47-24-30-16-8-4-9-17-30/h4-23,34-43,45H,24-29H2,1-3H3/t34-,35-,36-,37+,38+,39-,40+,41-,42-,43?/m1/s1. The van der Waals surface area contributed by atoms with E-state index >= 15 is 0 Å². The van der Waals surface area contributed by atoms with Crippen molar-refractivity contribution in [2.75, 3.05) is 20.3 Å². The Labute approximate surface area is 323 Å². The van der Waals surface area contributed by atoms with Crippen molar-refractivity contribution in [2.24, 2.45) is 0 Å². The summed E-state index contributed by atoms with van der Waals surface area (Å²) in [7, 11) is 1.48. The van der Waals surface area contributed by atoms with Gasteiger partial charge in [-0.1, -0.05) is 121 Å². The zero-order valence-electron chi connectivity index (χ0n) is 31.6. The van der Waals surface area contributed by atoms with Gasteiger partial charge in [0.15, 0.2) is 18.4 Å². The minimum Gasteiger partial charge on any atom is -0.385 e. The van der Waals surface area contributed by atoms with Crippen LogP contribution in [0.5, 0.6) is 0 Å². The van der Waals surface area contributed by atoms with E-state index in [9.17, 15) is 5.11 Å². The Balaban J connectivity index is 1.19. The molecule has 4 aromatic rings. The maximum Gasteiger partial charge on any atom is 0.187 e. The van der Waals surface area contributed by atoms with Crippen molar-refractivity contribution >= 4 is 0 Å². The average molecular weight is 757 g/mol. The van der Waals surface area contributed by atoms with Crippen molar-refractivity contribution < 1.29 is 52.5 Å². The highest BCUT2D eigenvalue weighted by atomic mass is 16.8. The Hall–Kier alpha value is -3.56. The summed E-state index contributed by atoms with van der Waals surface area (Å²) in [6, 6.07) is 39.9. The zero-order chi connectivity index (χ0) is 38.0. The van der Waals surface area contributed by atoms with Crippen LogP contribution in [-0.4, -0.2) is 92.6 Å². The molecule has 55 heavy (non-hydrogen) atoms. The van der Waals surface area contributed by atoms with Crippen molar-refractivity contribution in [1.82, 2.24) is 0 Å². The first kappa shape index (κ1) is 39.7. The lowest BCUT2D eigenvalue weighted by atomic mass is 9.97. The molecule has 11 heteroatoms. The summed E-state index contributed by atoms with van der Waals surface area (Å²) in [5, 5.41) is 11.0. The van der Waals surface area contributed by atoms with Gasteiger partial charge in [0.1, 0.15) is 48.8 Å². The first-order valence-corrected chi connectivity index (χ1v) is 18.9. The van der Waals surface area contributed by atoms with Gasteiger partial charge in [0, 0.05) is 7.11 Å². The van der Waals surface area contributed by atoms with Gasteiger partial charge in [-0.05, 0) is 36.1 Å². The van der Waals surface area contributed by atoms with Crippen molar-refractivity contribution in [3.8, 4) is 0 Å². The summed E-state index contributed by atoms with van der Waals surface area (Å²) < 4.78 is 64.2. The predicted molar refractivity (Wildman–Crippen MR) is 201 cm³/mol.